The van der Waals surface area contributed by atoms with Crippen molar-refractivity contribution in [2.24, 2.45) is 0 Å². The van der Waals surface area contributed by atoms with Gasteiger partial charge in [0.1, 0.15) is 11.9 Å². The summed E-state index contributed by atoms with van der Waals surface area (Å²) in [6, 6.07) is 7.99. The van der Waals surface area contributed by atoms with Crippen molar-refractivity contribution < 1.29 is 9.50 Å². The largest absolute Gasteiger partial charge is 0.384 e. The zero-order chi connectivity index (χ0) is 14.2. The van der Waals surface area contributed by atoms with Crippen molar-refractivity contribution in [1.82, 2.24) is 0 Å². The molecule has 2 aromatic rings. The summed E-state index contributed by atoms with van der Waals surface area (Å²) in [4.78, 5) is 0. The molecule has 0 aliphatic carbocycles. The van der Waals surface area contributed by atoms with Crippen LogP contribution in [0, 0.1) is 5.82 Å². The third-order valence-electron chi connectivity index (χ3n) is 2.59. The number of hydrogen-bond acceptors (Lipinski definition) is 1. The van der Waals surface area contributed by atoms with Gasteiger partial charge in [-0.3, -0.25) is 0 Å². The molecule has 1 unspecified atom stereocenters. The molecule has 0 bridgehead atoms. The highest BCUT2D eigenvalue weighted by atomic mass is 79.9. The lowest BCUT2D eigenvalue weighted by Crippen LogP contribution is -2.04. The van der Waals surface area contributed by atoms with Gasteiger partial charge in [-0.15, -0.1) is 0 Å². The highest BCUT2D eigenvalue weighted by Gasteiger charge is 2.19. The summed E-state index contributed by atoms with van der Waals surface area (Å²) in [6.07, 6.45) is -1.10. The summed E-state index contributed by atoms with van der Waals surface area (Å²) >= 11 is 15.7. The van der Waals surface area contributed by atoms with Gasteiger partial charge in [0, 0.05) is 24.5 Å². The molecule has 1 N–H and O–H groups in total. The molecule has 0 heterocycles. The molecule has 0 saturated carbocycles. The fraction of sp³-hybridized carbons (Fsp3) is 0.0769. The summed E-state index contributed by atoms with van der Waals surface area (Å²) in [5, 5.41) is 10.7. The van der Waals surface area contributed by atoms with Crippen molar-refractivity contribution in [1.29, 1.82) is 0 Å². The molecule has 0 spiro atoms. The second-order valence-electron chi connectivity index (χ2n) is 3.86. The Morgan fingerprint density at radius 1 is 1.00 bits per heavy atom. The molecule has 100 valence electrons. The topological polar surface area (TPSA) is 20.2 Å². The molecule has 6 heteroatoms. The zero-order valence-corrected chi connectivity index (χ0v) is 14.8. The lowest BCUT2D eigenvalue weighted by Gasteiger charge is -2.15. The van der Waals surface area contributed by atoms with E-state index < -0.39 is 11.9 Å². The van der Waals surface area contributed by atoms with Crippen LogP contribution in [-0.4, -0.2) is 5.11 Å². The molecule has 0 aliphatic rings. The first-order chi connectivity index (χ1) is 8.90. The first-order valence-corrected chi connectivity index (χ1v) is 7.93. The van der Waals surface area contributed by atoms with E-state index in [2.05, 4.69) is 47.8 Å². The van der Waals surface area contributed by atoms with E-state index in [4.69, 9.17) is 11.6 Å². The second-order valence-corrected chi connectivity index (χ2v) is 6.89. The van der Waals surface area contributed by atoms with Crippen LogP contribution in [0.1, 0.15) is 17.2 Å². The molecule has 0 aromatic heterocycles. The van der Waals surface area contributed by atoms with Crippen LogP contribution in [0.25, 0.3) is 0 Å². The summed E-state index contributed by atoms with van der Waals surface area (Å²) < 4.78 is 15.9. The molecular weight excluding hydrogens is 466 g/mol. The van der Waals surface area contributed by atoms with E-state index in [-0.39, 0.29) is 5.56 Å². The fourth-order valence-electron chi connectivity index (χ4n) is 1.64. The first-order valence-electron chi connectivity index (χ1n) is 5.17. The van der Waals surface area contributed by atoms with Crippen molar-refractivity contribution in [3.05, 3.63) is 65.7 Å². The number of hydrogen-bond donors (Lipinski definition) is 1. The Morgan fingerprint density at radius 3 is 2.37 bits per heavy atom. The van der Waals surface area contributed by atoms with Gasteiger partial charge in [0.05, 0.1) is 5.02 Å². The Bertz CT molecular complexity index is 634. The van der Waals surface area contributed by atoms with Crippen molar-refractivity contribution >= 4 is 59.4 Å². The highest BCUT2D eigenvalue weighted by Crippen LogP contribution is 2.35. The maximum absolute atomic E-state index is 13.9. The van der Waals surface area contributed by atoms with E-state index in [0.29, 0.717) is 19.5 Å². The predicted molar refractivity (Wildman–Crippen MR) is 85.0 cm³/mol. The Balaban J connectivity index is 2.52. The smallest absolute Gasteiger partial charge is 0.130 e. The van der Waals surface area contributed by atoms with Gasteiger partial charge >= 0.3 is 0 Å². The maximum Gasteiger partial charge on any atom is 0.130 e. The minimum Gasteiger partial charge on any atom is -0.384 e. The van der Waals surface area contributed by atoms with Crippen LogP contribution in [0.3, 0.4) is 0 Å². The van der Waals surface area contributed by atoms with Crippen LogP contribution in [0.15, 0.2) is 43.7 Å². The van der Waals surface area contributed by atoms with E-state index in [1.54, 1.807) is 12.1 Å². The average Bonchev–Trinajstić information content (AvgIpc) is 2.36. The molecule has 0 fully saturated rings. The van der Waals surface area contributed by atoms with Crippen LogP contribution in [0.5, 0.6) is 0 Å². The SMILES string of the molecule is OC(c1cc(Cl)c(Br)cc1F)c1cc(Br)ccc1Br. The number of aliphatic hydroxyl groups excluding tert-OH is 1. The minimum atomic E-state index is -1.10. The Labute approximate surface area is 140 Å². The average molecular weight is 473 g/mol. The van der Waals surface area contributed by atoms with Gasteiger partial charge in [-0.25, -0.2) is 4.39 Å². The van der Waals surface area contributed by atoms with E-state index in [1.165, 1.54) is 12.1 Å². The predicted octanol–water partition coefficient (Wildman–Crippen LogP) is 5.85. The van der Waals surface area contributed by atoms with E-state index in [0.717, 1.165) is 4.47 Å². The molecule has 0 amide bonds. The normalized spacial score (nSPS) is 12.5. The van der Waals surface area contributed by atoms with Gasteiger partial charge in [0.15, 0.2) is 0 Å². The molecule has 0 saturated heterocycles. The van der Waals surface area contributed by atoms with Crippen LogP contribution >= 0.6 is 59.4 Å². The summed E-state index contributed by atoms with van der Waals surface area (Å²) in [5.74, 6) is -0.518. The van der Waals surface area contributed by atoms with Crippen molar-refractivity contribution in [2.45, 2.75) is 6.10 Å². The monoisotopic (exact) mass is 470 g/mol. The lowest BCUT2D eigenvalue weighted by molar-refractivity contribution is 0.214. The van der Waals surface area contributed by atoms with E-state index in [1.807, 2.05) is 6.07 Å². The summed E-state index contributed by atoms with van der Waals surface area (Å²) in [5.41, 5.74) is 0.693. The lowest BCUT2D eigenvalue weighted by atomic mass is 10.0. The number of aliphatic hydroxyl groups is 1. The fourth-order valence-corrected chi connectivity index (χ4v) is 2.97. The summed E-state index contributed by atoms with van der Waals surface area (Å²) in [7, 11) is 0. The molecule has 0 aliphatic heterocycles. The number of benzene rings is 2. The molecule has 19 heavy (non-hydrogen) atoms. The Kier molecular flexibility index (Phi) is 5.06. The highest BCUT2D eigenvalue weighted by molar-refractivity contribution is 9.11. The Hall–Kier alpha value is 0.0600. The molecule has 1 nitrogen and oxygen atoms in total. The molecule has 2 aromatic carbocycles. The van der Waals surface area contributed by atoms with Crippen LogP contribution in [0.4, 0.5) is 4.39 Å². The Morgan fingerprint density at radius 2 is 1.68 bits per heavy atom. The minimum absolute atomic E-state index is 0.131. The third-order valence-corrected chi connectivity index (χ3v) is 5.00. The van der Waals surface area contributed by atoms with Gasteiger partial charge in [-0.2, -0.15) is 0 Å². The standard InChI is InChI=1S/C13H7Br3ClFO/c14-6-1-2-9(15)7(3-6)13(19)8-4-11(17)10(16)5-12(8)18/h1-5,13,19H. The zero-order valence-electron chi connectivity index (χ0n) is 9.30. The molecule has 2 rings (SSSR count). The van der Waals surface area contributed by atoms with Crippen LogP contribution < -0.4 is 0 Å². The number of rotatable bonds is 2. The van der Waals surface area contributed by atoms with Gasteiger partial charge < -0.3 is 5.11 Å². The molecular formula is C13H7Br3ClFO. The van der Waals surface area contributed by atoms with E-state index >= 15 is 0 Å². The molecule has 0 radical (unpaired) electrons. The first kappa shape index (κ1) is 15.4. The van der Waals surface area contributed by atoms with Crippen molar-refractivity contribution in [3.63, 3.8) is 0 Å². The third kappa shape index (κ3) is 3.39. The van der Waals surface area contributed by atoms with Gasteiger partial charge in [-0.1, -0.05) is 43.5 Å². The quantitative estimate of drug-likeness (QED) is 0.543. The van der Waals surface area contributed by atoms with Crippen LogP contribution in [-0.2, 0) is 0 Å². The van der Waals surface area contributed by atoms with Crippen molar-refractivity contribution in [3.8, 4) is 0 Å². The maximum atomic E-state index is 13.9. The van der Waals surface area contributed by atoms with Gasteiger partial charge in [-0.05, 0) is 46.3 Å². The van der Waals surface area contributed by atoms with Crippen molar-refractivity contribution in [2.75, 3.05) is 0 Å². The van der Waals surface area contributed by atoms with Gasteiger partial charge in [0.25, 0.3) is 0 Å². The molecule has 1 atom stereocenters. The summed E-state index contributed by atoms with van der Waals surface area (Å²) in [6.45, 7) is 0. The van der Waals surface area contributed by atoms with E-state index in [9.17, 15) is 9.50 Å². The second kappa shape index (κ2) is 6.22. The van der Waals surface area contributed by atoms with Gasteiger partial charge in [0.2, 0.25) is 0 Å². The van der Waals surface area contributed by atoms with Crippen LogP contribution in [0.2, 0.25) is 5.02 Å². The number of halogens is 5.